The third kappa shape index (κ3) is 1.59. The molecule has 0 aromatic heterocycles. The van der Waals surface area contributed by atoms with Gasteiger partial charge in [-0.1, -0.05) is 19.3 Å². The lowest BCUT2D eigenvalue weighted by atomic mass is 9.75. The van der Waals surface area contributed by atoms with Crippen molar-refractivity contribution in [3.8, 4) is 0 Å². The van der Waals surface area contributed by atoms with Crippen molar-refractivity contribution in [3.05, 3.63) is 0 Å². The Morgan fingerprint density at radius 1 is 1.23 bits per heavy atom. The number of amides is 1. The van der Waals surface area contributed by atoms with Gasteiger partial charge < -0.3 is 5.32 Å². The molecule has 2 aliphatic carbocycles. The number of hydrogen-bond acceptors (Lipinski definition) is 1. The van der Waals surface area contributed by atoms with Gasteiger partial charge in [-0.25, -0.2) is 0 Å². The molecule has 0 aliphatic heterocycles. The van der Waals surface area contributed by atoms with Gasteiger partial charge in [0.25, 0.3) is 0 Å². The van der Waals surface area contributed by atoms with E-state index in [9.17, 15) is 4.79 Å². The Morgan fingerprint density at radius 3 is 2.69 bits per heavy atom. The first-order valence-corrected chi connectivity index (χ1v) is 5.52. The summed E-state index contributed by atoms with van der Waals surface area (Å²) in [7, 11) is 0. The zero-order valence-electron chi connectivity index (χ0n) is 8.44. The van der Waals surface area contributed by atoms with Crippen molar-refractivity contribution in [1.29, 1.82) is 0 Å². The lowest BCUT2D eigenvalue weighted by Gasteiger charge is -2.40. The first kappa shape index (κ1) is 9.04. The molecule has 0 heterocycles. The van der Waals surface area contributed by atoms with Gasteiger partial charge in [-0.15, -0.1) is 0 Å². The molecule has 0 aromatic rings. The molecule has 2 atom stereocenters. The highest BCUT2D eigenvalue weighted by Crippen LogP contribution is 2.45. The second-order valence-corrected chi connectivity index (χ2v) is 4.67. The van der Waals surface area contributed by atoms with Crippen molar-refractivity contribution in [2.45, 2.75) is 57.4 Å². The van der Waals surface area contributed by atoms with Crippen molar-refractivity contribution < 1.29 is 4.79 Å². The molecule has 0 bridgehead atoms. The predicted octanol–water partition coefficient (Wildman–Crippen LogP) is 2.24. The van der Waals surface area contributed by atoms with Crippen LogP contribution in [0.4, 0.5) is 0 Å². The summed E-state index contributed by atoms with van der Waals surface area (Å²) in [6.07, 6.45) is 9.09. The molecule has 2 saturated carbocycles. The summed E-state index contributed by atoms with van der Waals surface area (Å²) in [5, 5.41) is 3.22. The highest BCUT2D eigenvalue weighted by Gasteiger charge is 2.44. The maximum Gasteiger partial charge on any atom is 0.217 e. The number of nitrogens with one attached hydrogen (secondary N) is 1. The Hall–Kier alpha value is -0.530. The average Bonchev–Trinajstić information content (AvgIpc) is 2.45. The Morgan fingerprint density at radius 2 is 1.92 bits per heavy atom. The van der Waals surface area contributed by atoms with Gasteiger partial charge in [0.15, 0.2) is 0 Å². The van der Waals surface area contributed by atoms with E-state index in [0.29, 0.717) is 0 Å². The standard InChI is InChI=1S/C11H19NO/c1-9(13)12-11-7-3-2-5-10(11)6-4-8-11/h10H,2-8H2,1H3,(H,12,13). The van der Waals surface area contributed by atoms with Crippen LogP contribution in [0.3, 0.4) is 0 Å². The van der Waals surface area contributed by atoms with E-state index in [0.717, 1.165) is 5.92 Å². The molecule has 1 N–H and O–H groups in total. The zero-order chi connectivity index (χ0) is 9.31. The van der Waals surface area contributed by atoms with Gasteiger partial charge in [0.2, 0.25) is 5.91 Å². The van der Waals surface area contributed by atoms with E-state index >= 15 is 0 Å². The van der Waals surface area contributed by atoms with Gasteiger partial charge in [-0.3, -0.25) is 4.79 Å². The van der Waals surface area contributed by atoms with Crippen LogP contribution >= 0.6 is 0 Å². The van der Waals surface area contributed by atoms with Crippen LogP contribution in [0.25, 0.3) is 0 Å². The van der Waals surface area contributed by atoms with E-state index in [4.69, 9.17) is 0 Å². The fourth-order valence-corrected chi connectivity index (χ4v) is 3.30. The highest BCUT2D eigenvalue weighted by molar-refractivity contribution is 5.74. The number of hydrogen-bond donors (Lipinski definition) is 1. The Kier molecular flexibility index (Phi) is 2.31. The Labute approximate surface area is 80.1 Å². The maximum absolute atomic E-state index is 11.1. The number of carbonyl (C=O) groups excluding carboxylic acids is 1. The van der Waals surface area contributed by atoms with Crippen LogP contribution in [0.5, 0.6) is 0 Å². The van der Waals surface area contributed by atoms with Gasteiger partial charge in [0, 0.05) is 12.5 Å². The number of fused-ring (bicyclic) bond motifs is 1. The van der Waals surface area contributed by atoms with Crippen molar-refractivity contribution >= 4 is 5.91 Å². The highest BCUT2D eigenvalue weighted by atomic mass is 16.1. The van der Waals surface area contributed by atoms with Crippen molar-refractivity contribution in [1.82, 2.24) is 5.32 Å². The van der Waals surface area contributed by atoms with E-state index < -0.39 is 0 Å². The van der Waals surface area contributed by atoms with Gasteiger partial charge in [-0.2, -0.15) is 0 Å². The van der Waals surface area contributed by atoms with Gasteiger partial charge in [0.05, 0.1) is 0 Å². The van der Waals surface area contributed by atoms with E-state index in [1.165, 1.54) is 44.9 Å². The SMILES string of the molecule is CC(=O)NC12CCCCC1CCC2. The lowest BCUT2D eigenvalue weighted by molar-refractivity contribution is -0.121. The molecular weight excluding hydrogens is 162 g/mol. The second-order valence-electron chi connectivity index (χ2n) is 4.67. The summed E-state index contributed by atoms with van der Waals surface area (Å²) in [6, 6.07) is 0. The quantitative estimate of drug-likeness (QED) is 0.660. The van der Waals surface area contributed by atoms with E-state index in [-0.39, 0.29) is 11.4 Å². The molecule has 2 nitrogen and oxygen atoms in total. The average molecular weight is 181 g/mol. The minimum Gasteiger partial charge on any atom is -0.351 e. The van der Waals surface area contributed by atoms with E-state index in [2.05, 4.69) is 5.32 Å². The minimum absolute atomic E-state index is 0.161. The number of rotatable bonds is 1. The molecule has 13 heavy (non-hydrogen) atoms. The second kappa shape index (κ2) is 3.32. The molecule has 2 rings (SSSR count). The topological polar surface area (TPSA) is 29.1 Å². The third-order valence-electron chi connectivity index (χ3n) is 3.81. The molecule has 2 aliphatic rings. The van der Waals surface area contributed by atoms with Gasteiger partial charge in [-0.05, 0) is 31.6 Å². The lowest BCUT2D eigenvalue weighted by Crippen LogP contribution is -2.51. The van der Waals surface area contributed by atoms with Crippen LogP contribution in [0.1, 0.15) is 51.9 Å². The minimum atomic E-state index is 0.161. The van der Waals surface area contributed by atoms with Crippen LogP contribution < -0.4 is 5.32 Å². The zero-order valence-corrected chi connectivity index (χ0v) is 8.44. The number of carbonyl (C=O) groups is 1. The fraction of sp³-hybridized carbons (Fsp3) is 0.909. The maximum atomic E-state index is 11.1. The summed E-state index contributed by atoms with van der Waals surface area (Å²) in [5.41, 5.74) is 0.212. The Balaban J connectivity index is 2.11. The molecular formula is C11H19NO. The monoisotopic (exact) mass is 181 g/mol. The normalized spacial score (nSPS) is 38.4. The molecule has 2 unspecified atom stereocenters. The third-order valence-corrected chi connectivity index (χ3v) is 3.81. The molecule has 2 heteroatoms. The predicted molar refractivity (Wildman–Crippen MR) is 52.4 cm³/mol. The summed E-state index contributed by atoms with van der Waals surface area (Å²) >= 11 is 0. The smallest absolute Gasteiger partial charge is 0.217 e. The molecule has 2 fully saturated rings. The van der Waals surface area contributed by atoms with Crippen molar-refractivity contribution in [2.75, 3.05) is 0 Å². The molecule has 0 spiro atoms. The molecule has 0 radical (unpaired) electrons. The molecule has 74 valence electrons. The first-order valence-electron chi connectivity index (χ1n) is 5.52. The summed E-state index contributed by atoms with van der Waals surface area (Å²) in [6.45, 7) is 1.65. The largest absolute Gasteiger partial charge is 0.351 e. The van der Waals surface area contributed by atoms with E-state index in [1.807, 2.05) is 0 Å². The fourth-order valence-electron chi connectivity index (χ4n) is 3.30. The van der Waals surface area contributed by atoms with Crippen LogP contribution in [-0.2, 0) is 4.79 Å². The summed E-state index contributed by atoms with van der Waals surface area (Å²) in [4.78, 5) is 11.1. The molecule has 1 amide bonds. The van der Waals surface area contributed by atoms with Crippen LogP contribution in [0, 0.1) is 5.92 Å². The Bertz CT molecular complexity index is 214. The summed E-state index contributed by atoms with van der Waals surface area (Å²) < 4.78 is 0. The molecule has 0 aromatic carbocycles. The summed E-state index contributed by atoms with van der Waals surface area (Å²) in [5.74, 6) is 0.943. The van der Waals surface area contributed by atoms with Gasteiger partial charge >= 0.3 is 0 Å². The first-order chi connectivity index (χ1) is 6.23. The van der Waals surface area contributed by atoms with Crippen LogP contribution in [0.2, 0.25) is 0 Å². The van der Waals surface area contributed by atoms with E-state index in [1.54, 1.807) is 6.92 Å². The van der Waals surface area contributed by atoms with Crippen molar-refractivity contribution in [2.24, 2.45) is 5.92 Å². The van der Waals surface area contributed by atoms with Crippen molar-refractivity contribution in [3.63, 3.8) is 0 Å². The van der Waals surface area contributed by atoms with Crippen LogP contribution in [-0.4, -0.2) is 11.4 Å². The van der Waals surface area contributed by atoms with Crippen LogP contribution in [0.15, 0.2) is 0 Å². The van der Waals surface area contributed by atoms with Gasteiger partial charge in [0.1, 0.15) is 0 Å². The molecule has 0 saturated heterocycles.